The van der Waals surface area contributed by atoms with E-state index in [1.807, 2.05) is 6.20 Å². The van der Waals surface area contributed by atoms with Crippen LogP contribution in [0.25, 0.3) is 0 Å². The number of hydrogen-bond donors (Lipinski definition) is 0. The fraction of sp³-hybridized carbons (Fsp3) is 0.476. The van der Waals surface area contributed by atoms with E-state index in [1.54, 1.807) is 0 Å². The van der Waals surface area contributed by atoms with Gasteiger partial charge in [-0.3, -0.25) is 4.90 Å². The zero-order valence-corrected chi connectivity index (χ0v) is 15.0. The molecular weight excluding hydrogens is 294 g/mol. The zero-order chi connectivity index (χ0) is 16.8. The van der Waals surface area contributed by atoms with E-state index in [4.69, 9.17) is 4.98 Å². The summed E-state index contributed by atoms with van der Waals surface area (Å²) in [5.41, 5.74) is 2.56. The van der Waals surface area contributed by atoms with Gasteiger partial charge in [-0.05, 0) is 50.6 Å². The smallest absolute Gasteiger partial charge is 0.137 e. The van der Waals surface area contributed by atoms with E-state index in [0.717, 1.165) is 5.82 Å². The van der Waals surface area contributed by atoms with Crippen molar-refractivity contribution in [2.45, 2.75) is 45.1 Å². The molecule has 1 saturated heterocycles. The Morgan fingerprint density at radius 2 is 1.96 bits per heavy atom. The average Bonchev–Trinajstić information content (AvgIpc) is 2.67. The largest absolute Gasteiger partial charge is 0.329 e. The Hall–Kier alpha value is -1.87. The highest BCUT2D eigenvalue weighted by Gasteiger charge is 2.27. The number of para-hydroxylation sites is 1. The number of unbranched alkanes of at least 4 members (excludes halogenated alkanes) is 1. The standard InChI is InChI=1S/C21H29N3/c1-3-4-16-24-17-9-8-14-20(24)19-13-10-15-22-21(19)23(2)18-11-6-5-7-12-18/h5-7,10-13,15,20H,3-4,8-9,14,16-17H2,1-2H3/t20-/m1/s1. The maximum Gasteiger partial charge on any atom is 0.137 e. The summed E-state index contributed by atoms with van der Waals surface area (Å²) >= 11 is 0. The Kier molecular flexibility index (Phi) is 5.86. The van der Waals surface area contributed by atoms with Crippen LogP contribution in [-0.4, -0.2) is 30.0 Å². The van der Waals surface area contributed by atoms with E-state index < -0.39 is 0 Å². The van der Waals surface area contributed by atoms with Crippen molar-refractivity contribution in [1.82, 2.24) is 9.88 Å². The molecule has 0 radical (unpaired) electrons. The summed E-state index contributed by atoms with van der Waals surface area (Å²) < 4.78 is 0. The number of piperidine rings is 1. The van der Waals surface area contributed by atoms with Gasteiger partial charge in [0.25, 0.3) is 0 Å². The Morgan fingerprint density at radius 3 is 2.75 bits per heavy atom. The van der Waals surface area contributed by atoms with Gasteiger partial charge in [0, 0.05) is 30.5 Å². The summed E-state index contributed by atoms with van der Waals surface area (Å²) in [6.07, 6.45) is 8.33. The summed E-state index contributed by atoms with van der Waals surface area (Å²) in [6, 6.07) is 15.4. The molecule has 3 nitrogen and oxygen atoms in total. The van der Waals surface area contributed by atoms with Gasteiger partial charge in [0.05, 0.1) is 0 Å². The van der Waals surface area contributed by atoms with Crippen molar-refractivity contribution in [2.75, 3.05) is 25.0 Å². The highest BCUT2D eigenvalue weighted by molar-refractivity contribution is 5.62. The quantitative estimate of drug-likeness (QED) is 0.730. The third-order valence-corrected chi connectivity index (χ3v) is 5.05. The third-order valence-electron chi connectivity index (χ3n) is 5.05. The molecule has 3 heteroatoms. The number of likely N-dealkylation sites (tertiary alicyclic amines) is 1. The van der Waals surface area contributed by atoms with Gasteiger partial charge in [0.1, 0.15) is 5.82 Å². The number of nitrogens with zero attached hydrogens (tertiary/aromatic N) is 3. The zero-order valence-electron chi connectivity index (χ0n) is 15.0. The van der Waals surface area contributed by atoms with E-state index in [1.165, 1.54) is 56.4 Å². The number of benzene rings is 1. The number of rotatable bonds is 6. The van der Waals surface area contributed by atoms with Crippen molar-refractivity contribution in [3.05, 3.63) is 54.2 Å². The van der Waals surface area contributed by atoms with E-state index in [0.29, 0.717) is 6.04 Å². The first kappa shape index (κ1) is 17.0. The lowest BCUT2D eigenvalue weighted by Gasteiger charge is -2.37. The summed E-state index contributed by atoms with van der Waals surface area (Å²) in [7, 11) is 2.13. The number of aromatic nitrogens is 1. The molecule has 0 bridgehead atoms. The monoisotopic (exact) mass is 323 g/mol. The van der Waals surface area contributed by atoms with Gasteiger partial charge in [0.15, 0.2) is 0 Å². The molecule has 0 spiro atoms. The first-order chi connectivity index (χ1) is 11.8. The fourth-order valence-corrected chi connectivity index (χ4v) is 3.70. The maximum absolute atomic E-state index is 4.74. The van der Waals surface area contributed by atoms with E-state index in [9.17, 15) is 0 Å². The van der Waals surface area contributed by atoms with Crippen molar-refractivity contribution < 1.29 is 0 Å². The minimum absolute atomic E-state index is 0.500. The molecule has 0 saturated carbocycles. The average molecular weight is 323 g/mol. The van der Waals surface area contributed by atoms with Crippen LogP contribution in [0.3, 0.4) is 0 Å². The van der Waals surface area contributed by atoms with E-state index in [2.05, 4.69) is 66.2 Å². The number of pyridine rings is 1. The second-order valence-corrected chi connectivity index (χ2v) is 6.71. The molecule has 128 valence electrons. The molecule has 1 aromatic heterocycles. The Bertz CT molecular complexity index is 626. The van der Waals surface area contributed by atoms with Gasteiger partial charge in [-0.1, -0.05) is 44.0 Å². The van der Waals surface area contributed by atoms with Gasteiger partial charge in [0.2, 0.25) is 0 Å². The maximum atomic E-state index is 4.74. The Balaban J connectivity index is 1.90. The molecule has 0 aliphatic carbocycles. The van der Waals surface area contributed by atoms with Crippen molar-refractivity contribution >= 4 is 11.5 Å². The minimum Gasteiger partial charge on any atom is -0.329 e. The van der Waals surface area contributed by atoms with Crippen LogP contribution in [0, 0.1) is 0 Å². The lowest BCUT2D eigenvalue weighted by molar-refractivity contribution is 0.147. The van der Waals surface area contributed by atoms with Gasteiger partial charge in [-0.15, -0.1) is 0 Å². The predicted molar refractivity (Wildman–Crippen MR) is 102 cm³/mol. The van der Waals surface area contributed by atoms with Gasteiger partial charge < -0.3 is 4.90 Å². The SMILES string of the molecule is CCCCN1CCCC[C@@H]1c1cccnc1N(C)c1ccccc1. The van der Waals surface area contributed by atoms with Crippen LogP contribution >= 0.6 is 0 Å². The molecular formula is C21H29N3. The molecule has 2 heterocycles. The van der Waals surface area contributed by atoms with Crippen LogP contribution in [0.2, 0.25) is 0 Å². The van der Waals surface area contributed by atoms with Gasteiger partial charge in [-0.2, -0.15) is 0 Å². The highest BCUT2D eigenvalue weighted by atomic mass is 15.2. The topological polar surface area (TPSA) is 19.4 Å². The summed E-state index contributed by atoms with van der Waals surface area (Å²) in [4.78, 5) is 9.64. The molecule has 0 N–H and O–H groups in total. The molecule has 1 aliphatic heterocycles. The number of anilines is 2. The molecule has 1 fully saturated rings. The normalized spacial score (nSPS) is 18.5. The fourth-order valence-electron chi connectivity index (χ4n) is 3.70. The third kappa shape index (κ3) is 3.78. The van der Waals surface area contributed by atoms with Crippen LogP contribution in [0.5, 0.6) is 0 Å². The molecule has 3 rings (SSSR count). The molecule has 0 amide bonds. The first-order valence-electron chi connectivity index (χ1n) is 9.29. The second-order valence-electron chi connectivity index (χ2n) is 6.71. The lowest BCUT2D eigenvalue weighted by atomic mass is 9.95. The summed E-state index contributed by atoms with van der Waals surface area (Å²) in [6.45, 7) is 4.69. The Labute approximate surface area is 146 Å². The lowest BCUT2D eigenvalue weighted by Crippen LogP contribution is -2.35. The van der Waals surface area contributed by atoms with Crippen molar-refractivity contribution in [1.29, 1.82) is 0 Å². The molecule has 24 heavy (non-hydrogen) atoms. The molecule has 2 aromatic rings. The predicted octanol–water partition coefficient (Wildman–Crippen LogP) is 5.18. The van der Waals surface area contributed by atoms with Crippen LogP contribution < -0.4 is 4.90 Å². The van der Waals surface area contributed by atoms with Crippen LogP contribution in [0.1, 0.15) is 50.6 Å². The van der Waals surface area contributed by atoms with Crippen LogP contribution in [0.4, 0.5) is 11.5 Å². The molecule has 1 aromatic carbocycles. The second kappa shape index (κ2) is 8.29. The first-order valence-corrected chi connectivity index (χ1v) is 9.29. The minimum atomic E-state index is 0.500. The van der Waals surface area contributed by atoms with Crippen LogP contribution in [-0.2, 0) is 0 Å². The summed E-state index contributed by atoms with van der Waals surface area (Å²) in [5.74, 6) is 1.09. The molecule has 0 unspecified atom stereocenters. The summed E-state index contributed by atoms with van der Waals surface area (Å²) in [5, 5.41) is 0. The van der Waals surface area contributed by atoms with E-state index >= 15 is 0 Å². The number of hydrogen-bond acceptors (Lipinski definition) is 3. The molecule has 1 atom stereocenters. The van der Waals surface area contributed by atoms with Crippen molar-refractivity contribution in [3.8, 4) is 0 Å². The van der Waals surface area contributed by atoms with Crippen molar-refractivity contribution in [3.63, 3.8) is 0 Å². The Morgan fingerprint density at radius 1 is 1.12 bits per heavy atom. The van der Waals surface area contributed by atoms with Gasteiger partial charge in [-0.25, -0.2) is 4.98 Å². The van der Waals surface area contributed by atoms with Gasteiger partial charge >= 0.3 is 0 Å². The van der Waals surface area contributed by atoms with Crippen molar-refractivity contribution in [2.24, 2.45) is 0 Å². The molecule has 1 aliphatic rings. The van der Waals surface area contributed by atoms with Crippen LogP contribution in [0.15, 0.2) is 48.7 Å². The highest BCUT2D eigenvalue weighted by Crippen LogP contribution is 2.37. The van der Waals surface area contributed by atoms with E-state index in [-0.39, 0.29) is 0 Å².